The lowest BCUT2D eigenvalue weighted by Crippen LogP contribution is -2.29. The average Bonchev–Trinajstić information content (AvgIpc) is 2.90. The second kappa shape index (κ2) is 4.90. The molecule has 0 spiro atoms. The summed E-state index contributed by atoms with van der Waals surface area (Å²) in [6.07, 6.45) is 0.733. The summed E-state index contributed by atoms with van der Waals surface area (Å²) in [6, 6.07) is 13.2. The van der Waals surface area contributed by atoms with Crippen molar-refractivity contribution in [3.05, 3.63) is 53.2 Å². The molecule has 0 aliphatic carbocycles. The Labute approximate surface area is 124 Å². The van der Waals surface area contributed by atoms with Gasteiger partial charge >= 0.3 is 0 Å². The molecular weight excluding hydrogens is 282 g/mol. The summed E-state index contributed by atoms with van der Waals surface area (Å²) >= 11 is 0. The normalized spacial score (nSPS) is 16.1. The Morgan fingerprint density at radius 2 is 2.10 bits per heavy atom. The van der Waals surface area contributed by atoms with Crippen LogP contribution in [-0.2, 0) is 16.1 Å². The zero-order valence-corrected chi connectivity index (χ0v) is 12.6. The number of pyridine rings is 1. The highest BCUT2D eigenvalue weighted by atomic mass is 32.2. The molecule has 1 unspecified atom stereocenters. The third kappa shape index (κ3) is 2.18. The van der Waals surface area contributed by atoms with Gasteiger partial charge in [0, 0.05) is 11.4 Å². The van der Waals surface area contributed by atoms with E-state index in [0.29, 0.717) is 28.5 Å². The minimum atomic E-state index is -2.60. The van der Waals surface area contributed by atoms with Crippen LogP contribution in [0, 0.1) is 18.3 Å². The summed E-state index contributed by atoms with van der Waals surface area (Å²) in [5.74, 6) is 4.63. The smallest absolute Gasteiger partial charge is 0.143 e. The van der Waals surface area contributed by atoms with Crippen LogP contribution in [-0.4, -0.2) is 21.6 Å². The number of aryl methyl sites for hydroxylation is 1. The first-order chi connectivity index (χ1) is 10.0. The molecule has 0 N–H and O–H groups in total. The topological polar surface area (TPSA) is 57.0 Å². The minimum absolute atomic E-state index is 0.575. The van der Waals surface area contributed by atoms with Crippen LogP contribution in [0.2, 0.25) is 0 Å². The maximum atomic E-state index is 13.1. The number of nitriles is 1. The molecule has 1 aliphatic heterocycles. The van der Waals surface area contributed by atoms with Gasteiger partial charge in [-0.15, -0.1) is 0 Å². The monoisotopic (exact) mass is 297 g/mol. The van der Waals surface area contributed by atoms with E-state index in [9.17, 15) is 4.21 Å². The van der Waals surface area contributed by atoms with Crippen LogP contribution >= 0.6 is 0 Å². The van der Waals surface area contributed by atoms with Gasteiger partial charge in [-0.05, 0) is 43.0 Å². The van der Waals surface area contributed by atoms with E-state index < -0.39 is 9.71 Å². The van der Waals surface area contributed by atoms with Crippen LogP contribution in [0.1, 0.15) is 16.8 Å². The van der Waals surface area contributed by atoms with Crippen LogP contribution < -0.4 is 4.31 Å². The molecule has 106 valence electrons. The summed E-state index contributed by atoms with van der Waals surface area (Å²) in [6.45, 7) is 2.40. The Morgan fingerprint density at radius 1 is 1.38 bits per heavy atom. The van der Waals surface area contributed by atoms with E-state index in [1.165, 1.54) is 0 Å². The Balaban J connectivity index is 2.10. The third-order valence-corrected chi connectivity index (χ3v) is 5.75. The molecule has 4 nitrogen and oxygen atoms in total. The molecule has 0 radical (unpaired) electrons. The minimum Gasteiger partial charge on any atom is -0.279 e. The lowest BCUT2D eigenvalue weighted by Gasteiger charge is -2.23. The number of hydrogen-bond donors (Lipinski definition) is 0. The van der Waals surface area contributed by atoms with E-state index in [4.69, 9.17) is 5.26 Å². The predicted octanol–water partition coefficient (Wildman–Crippen LogP) is 2.31. The molecule has 1 aromatic carbocycles. The SMILES string of the molecule is C=S(=O)(c1ccccc1)N1CCc2cc(C#N)c(C)nc21. The number of benzene rings is 1. The number of rotatable bonds is 2. The number of fused-ring (bicyclic) bond motifs is 1. The van der Waals surface area contributed by atoms with E-state index in [0.717, 1.165) is 12.0 Å². The average molecular weight is 297 g/mol. The largest absolute Gasteiger partial charge is 0.279 e. The zero-order valence-electron chi connectivity index (χ0n) is 11.7. The third-order valence-electron chi connectivity index (χ3n) is 3.68. The highest BCUT2D eigenvalue weighted by Gasteiger charge is 2.28. The molecule has 0 bridgehead atoms. The van der Waals surface area contributed by atoms with Gasteiger partial charge in [0.2, 0.25) is 0 Å². The molecule has 0 amide bonds. The fraction of sp³-hybridized carbons (Fsp3) is 0.188. The summed E-state index contributed by atoms with van der Waals surface area (Å²) in [5.41, 5.74) is 2.20. The fourth-order valence-corrected chi connectivity index (χ4v) is 4.18. The van der Waals surface area contributed by atoms with Gasteiger partial charge in [-0.1, -0.05) is 18.2 Å². The number of hydrogen-bond acceptors (Lipinski definition) is 3. The second-order valence-electron chi connectivity index (χ2n) is 5.02. The van der Waals surface area contributed by atoms with Crippen molar-refractivity contribution >= 4 is 21.4 Å². The lowest BCUT2D eigenvalue weighted by molar-refractivity contribution is 0.677. The maximum Gasteiger partial charge on any atom is 0.143 e. The van der Waals surface area contributed by atoms with Gasteiger partial charge in [0.05, 0.1) is 21.0 Å². The summed E-state index contributed by atoms with van der Waals surface area (Å²) in [5, 5.41) is 9.08. The van der Waals surface area contributed by atoms with Gasteiger partial charge in [-0.2, -0.15) is 5.26 Å². The van der Waals surface area contributed by atoms with E-state index in [-0.39, 0.29) is 0 Å². The summed E-state index contributed by atoms with van der Waals surface area (Å²) in [4.78, 5) is 5.18. The molecule has 0 saturated heterocycles. The maximum absolute atomic E-state index is 13.1. The Morgan fingerprint density at radius 3 is 2.76 bits per heavy atom. The number of nitrogens with zero attached hydrogens (tertiary/aromatic N) is 3. The fourth-order valence-electron chi connectivity index (χ4n) is 2.52. The van der Waals surface area contributed by atoms with Crippen molar-refractivity contribution in [2.24, 2.45) is 0 Å². The van der Waals surface area contributed by atoms with E-state index in [1.807, 2.05) is 36.4 Å². The molecule has 1 aliphatic rings. The van der Waals surface area contributed by atoms with E-state index >= 15 is 0 Å². The first-order valence-electron chi connectivity index (χ1n) is 6.64. The number of aromatic nitrogens is 1. The van der Waals surface area contributed by atoms with Crippen molar-refractivity contribution in [2.75, 3.05) is 10.8 Å². The van der Waals surface area contributed by atoms with Gasteiger partial charge in [-0.3, -0.25) is 4.31 Å². The Hall–Kier alpha value is -2.32. The van der Waals surface area contributed by atoms with Gasteiger partial charge < -0.3 is 0 Å². The molecule has 1 atom stereocenters. The van der Waals surface area contributed by atoms with Crippen LogP contribution in [0.4, 0.5) is 5.82 Å². The van der Waals surface area contributed by atoms with Crippen LogP contribution in [0.5, 0.6) is 0 Å². The number of anilines is 1. The standard InChI is InChI=1S/C16H15N3OS/c1-12-14(11-17)10-13-8-9-19(16(13)18-12)21(2,20)15-6-4-3-5-7-15/h3-7,10H,2,8-9H2,1H3. The summed E-state index contributed by atoms with van der Waals surface area (Å²) < 4.78 is 14.9. The van der Waals surface area contributed by atoms with Crippen molar-refractivity contribution in [3.63, 3.8) is 0 Å². The Kier molecular flexibility index (Phi) is 3.19. The van der Waals surface area contributed by atoms with E-state index in [2.05, 4.69) is 16.9 Å². The second-order valence-corrected chi connectivity index (χ2v) is 7.21. The van der Waals surface area contributed by atoms with Crippen LogP contribution in [0.25, 0.3) is 0 Å². The van der Waals surface area contributed by atoms with Crippen molar-refractivity contribution in [1.29, 1.82) is 5.26 Å². The lowest BCUT2D eigenvalue weighted by atomic mass is 10.1. The Bertz CT molecular complexity index is 836. The molecule has 5 heteroatoms. The zero-order chi connectivity index (χ0) is 15.0. The molecule has 0 fully saturated rings. The predicted molar refractivity (Wildman–Crippen MR) is 84.7 cm³/mol. The molecule has 1 aromatic heterocycles. The van der Waals surface area contributed by atoms with Crippen molar-refractivity contribution in [3.8, 4) is 6.07 Å². The van der Waals surface area contributed by atoms with Crippen LogP contribution in [0.15, 0.2) is 41.3 Å². The molecular formula is C16H15N3OS. The first kappa shape index (κ1) is 13.7. The van der Waals surface area contributed by atoms with Crippen molar-refractivity contribution in [1.82, 2.24) is 4.98 Å². The van der Waals surface area contributed by atoms with E-state index in [1.54, 1.807) is 11.2 Å². The first-order valence-corrected chi connectivity index (χ1v) is 8.33. The van der Waals surface area contributed by atoms with Crippen LogP contribution in [0.3, 0.4) is 0 Å². The highest BCUT2D eigenvalue weighted by Crippen LogP contribution is 2.32. The van der Waals surface area contributed by atoms with Gasteiger partial charge in [0.25, 0.3) is 0 Å². The van der Waals surface area contributed by atoms with Crippen molar-refractivity contribution in [2.45, 2.75) is 18.2 Å². The molecule has 2 aromatic rings. The molecule has 0 saturated carbocycles. The highest BCUT2D eigenvalue weighted by molar-refractivity contribution is 8.01. The molecule has 2 heterocycles. The van der Waals surface area contributed by atoms with Gasteiger partial charge in [0.15, 0.2) is 0 Å². The van der Waals surface area contributed by atoms with Gasteiger partial charge in [0.1, 0.15) is 11.9 Å². The quantitative estimate of drug-likeness (QED) is 0.799. The van der Waals surface area contributed by atoms with Crippen molar-refractivity contribution < 1.29 is 4.21 Å². The molecule has 21 heavy (non-hydrogen) atoms. The molecule has 3 rings (SSSR count). The summed E-state index contributed by atoms with van der Waals surface area (Å²) in [7, 11) is -2.60. The van der Waals surface area contributed by atoms with Gasteiger partial charge in [-0.25, -0.2) is 9.19 Å².